The summed E-state index contributed by atoms with van der Waals surface area (Å²) < 4.78 is 5.59. The van der Waals surface area contributed by atoms with Crippen molar-refractivity contribution in [3.05, 3.63) is 49.6 Å². The molecule has 106 valence electrons. The Labute approximate surface area is 130 Å². The number of carboxylic acid groups (broad SMARTS) is 1. The van der Waals surface area contributed by atoms with E-state index in [2.05, 4.69) is 0 Å². The van der Waals surface area contributed by atoms with Crippen molar-refractivity contribution >= 4 is 40.5 Å². The lowest BCUT2D eigenvalue weighted by Gasteiger charge is -2.08. The summed E-state index contributed by atoms with van der Waals surface area (Å²) in [6.45, 7) is 2.10. The number of thiophene rings is 1. The smallest absolute Gasteiger partial charge is 0.349 e. The van der Waals surface area contributed by atoms with Gasteiger partial charge in [0.25, 0.3) is 0 Å². The van der Waals surface area contributed by atoms with Crippen molar-refractivity contribution in [2.24, 2.45) is 0 Å². The van der Waals surface area contributed by atoms with E-state index in [1.54, 1.807) is 24.3 Å². The van der Waals surface area contributed by atoms with Crippen molar-refractivity contribution in [1.29, 1.82) is 0 Å². The van der Waals surface area contributed by atoms with Crippen molar-refractivity contribution in [2.45, 2.75) is 20.0 Å². The topological polar surface area (TPSA) is 46.5 Å². The van der Waals surface area contributed by atoms with Crippen LogP contribution in [0.1, 0.15) is 27.0 Å². The molecule has 0 saturated heterocycles. The van der Waals surface area contributed by atoms with Crippen LogP contribution in [-0.2, 0) is 13.0 Å². The Kier molecular flexibility index (Phi) is 4.91. The Morgan fingerprint density at radius 3 is 2.55 bits per heavy atom. The number of carboxylic acids is 1. The molecule has 1 aromatic heterocycles. The summed E-state index contributed by atoms with van der Waals surface area (Å²) in [5.74, 6) is -0.634. The maximum atomic E-state index is 11.2. The molecule has 0 bridgehead atoms. The molecule has 3 nitrogen and oxygen atoms in total. The quantitative estimate of drug-likeness (QED) is 0.848. The van der Waals surface area contributed by atoms with Gasteiger partial charge in [0.15, 0.2) is 4.88 Å². The maximum absolute atomic E-state index is 11.2. The predicted octanol–water partition coefficient (Wildman–Crippen LogP) is 4.89. The van der Waals surface area contributed by atoms with Gasteiger partial charge in [-0.05, 0) is 24.6 Å². The van der Waals surface area contributed by atoms with Crippen LogP contribution < -0.4 is 4.74 Å². The molecule has 0 spiro atoms. The minimum absolute atomic E-state index is 0.138. The first-order chi connectivity index (χ1) is 9.52. The largest absolute Gasteiger partial charge is 0.487 e. The van der Waals surface area contributed by atoms with Gasteiger partial charge in [-0.2, -0.15) is 0 Å². The van der Waals surface area contributed by atoms with E-state index in [-0.39, 0.29) is 11.5 Å². The van der Waals surface area contributed by atoms with E-state index in [1.807, 2.05) is 6.92 Å². The summed E-state index contributed by atoms with van der Waals surface area (Å²) in [6, 6.07) is 6.93. The highest BCUT2D eigenvalue weighted by molar-refractivity contribution is 7.14. The molecule has 0 aliphatic rings. The van der Waals surface area contributed by atoms with Gasteiger partial charge in [-0.15, -0.1) is 11.3 Å². The molecule has 2 aromatic rings. The SMILES string of the molecule is CCc1cc(OCc2c(Cl)cccc2Cl)c(C(=O)O)s1. The molecule has 0 aliphatic carbocycles. The van der Waals surface area contributed by atoms with E-state index < -0.39 is 5.97 Å². The Balaban J connectivity index is 2.22. The Morgan fingerprint density at radius 2 is 2.00 bits per heavy atom. The molecule has 0 aliphatic heterocycles. The van der Waals surface area contributed by atoms with E-state index >= 15 is 0 Å². The van der Waals surface area contributed by atoms with Crippen LogP contribution in [0.4, 0.5) is 0 Å². The molecule has 0 amide bonds. The molecule has 0 fully saturated rings. The molecule has 0 radical (unpaired) electrons. The molecule has 1 aromatic carbocycles. The minimum Gasteiger partial charge on any atom is -0.487 e. The fourth-order valence-corrected chi connectivity index (χ4v) is 3.06. The number of ether oxygens (including phenoxy) is 1. The third-order valence-corrected chi connectivity index (χ3v) is 4.68. The van der Waals surface area contributed by atoms with Gasteiger partial charge in [0.1, 0.15) is 12.4 Å². The number of aromatic carboxylic acids is 1. The third-order valence-electron chi connectivity index (χ3n) is 2.73. The summed E-state index contributed by atoms with van der Waals surface area (Å²) in [5.41, 5.74) is 0.649. The normalized spacial score (nSPS) is 10.6. The molecule has 6 heteroatoms. The maximum Gasteiger partial charge on any atom is 0.349 e. The second-order valence-corrected chi connectivity index (χ2v) is 6.00. The molecule has 1 heterocycles. The van der Waals surface area contributed by atoms with Gasteiger partial charge >= 0.3 is 5.97 Å². The lowest BCUT2D eigenvalue weighted by atomic mass is 10.2. The highest BCUT2D eigenvalue weighted by atomic mass is 35.5. The number of benzene rings is 1. The number of rotatable bonds is 5. The van der Waals surface area contributed by atoms with Crippen LogP contribution in [0.3, 0.4) is 0 Å². The van der Waals surface area contributed by atoms with Gasteiger partial charge in [0.05, 0.1) is 0 Å². The molecule has 1 N–H and O–H groups in total. The minimum atomic E-state index is -0.991. The number of carbonyl (C=O) groups is 1. The van der Waals surface area contributed by atoms with Gasteiger partial charge in [-0.25, -0.2) is 4.79 Å². The summed E-state index contributed by atoms with van der Waals surface area (Å²) in [4.78, 5) is 12.3. The highest BCUT2D eigenvalue weighted by Gasteiger charge is 2.17. The first-order valence-corrected chi connectivity index (χ1v) is 7.51. The van der Waals surface area contributed by atoms with Crippen molar-refractivity contribution in [2.75, 3.05) is 0 Å². The van der Waals surface area contributed by atoms with Crippen LogP contribution in [-0.4, -0.2) is 11.1 Å². The van der Waals surface area contributed by atoms with Gasteiger partial charge in [0.2, 0.25) is 0 Å². The van der Waals surface area contributed by atoms with E-state index in [9.17, 15) is 4.79 Å². The Hall–Kier alpha value is -1.23. The van der Waals surface area contributed by atoms with E-state index in [1.165, 1.54) is 11.3 Å². The number of hydrogen-bond acceptors (Lipinski definition) is 3. The van der Waals surface area contributed by atoms with Crippen LogP contribution >= 0.6 is 34.5 Å². The molecular formula is C14H12Cl2O3S. The fraction of sp³-hybridized carbons (Fsp3) is 0.214. The second-order valence-electron chi connectivity index (χ2n) is 4.05. The lowest BCUT2D eigenvalue weighted by Crippen LogP contribution is -2.01. The average molecular weight is 331 g/mol. The molecule has 2 rings (SSSR count). The van der Waals surface area contributed by atoms with Crippen LogP contribution in [0, 0.1) is 0 Å². The predicted molar refractivity (Wildman–Crippen MR) is 81.5 cm³/mol. The Morgan fingerprint density at radius 1 is 1.35 bits per heavy atom. The van der Waals surface area contributed by atoms with Crippen LogP contribution in [0.2, 0.25) is 10.0 Å². The summed E-state index contributed by atoms with van der Waals surface area (Å²) >= 11 is 13.3. The van der Waals surface area contributed by atoms with E-state index in [0.29, 0.717) is 21.4 Å². The van der Waals surface area contributed by atoms with Crippen LogP contribution in [0.15, 0.2) is 24.3 Å². The van der Waals surface area contributed by atoms with Crippen molar-refractivity contribution in [3.63, 3.8) is 0 Å². The third kappa shape index (κ3) is 3.26. The molecule has 0 saturated carbocycles. The number of halogens is 2. The van der Waals surface area contributed by atoms with Crippen molar-refractivity contribution in [1.82, 2.24) is 0 Å². The fourth-order valence-electron chi connectivity index (χ4n) is 1.67. The summed E-state index contributed by atoms with van der Waals surface area (Å²) in [7, 11) is 0. The molecular weight excluding hydrogens is 319 g/mol. The zero-order valence-corrected chi connectivity index (χ0v) is 13.0. The second kappa shape index (κ2) is 6.48. The Bertz CT molecular complexity index is 617. The van der Waals surface area contributed by atoms with Crippen LogP contribution in [0.25, 0.3) is 0 Å². The average Bonchev–Trinajstić information content (AvgIpc) is 2.82. The van der Waals surface area contributed by atoms with Gasteiger partial charge in [-0.3, -0.25) is 0 Å². The highest BCUT2D eigenvalue weighted by Crippen LogP contribution is 2.32. The zero-order valence-electron chi connectivity index (χ0n) is 10.7. The zero-order chi connectivity index (χ0) is 14.7. The van der Waals surface area contributed by atoms with Crippen molar-refractivity contribution < 1.29 is 14.6 Å². The van der Waals surface area contributed by atoms with Gasteiger partial charge in [0, 0.05) is 20.5 Å². The van der Waals surface area contributed by atoms with E-state index in [0.717, 1.165) is 11.3 Å². The molecule has 0 atom stereocenters. The number of hydrogen-bond donors (Lipinski definition) is 1. The van der Waals surface area contributed by atoms with Crippen LogP contribution in [0.5, 0.6) is 5.75 Å². The molecule has 0 unspecified atom stereocenters. The van der Waals surface area contributed by atoms with Crippen molar-refractivity contribution in [3.8, 4) is 5.75 Å². The summed E-state index contributed by atoms with van der Waals surface area (Å²) in [5, 5.41) is 10.2. The molecule has 20 heavy (non-hydrogen) atoms. The first kappa shape index (κ1) is 15.2. The van der Waals surface area contributed by atoms with Gasteiger partial charge < -0.3 is 9.84 Å². The summed E-state index contributed by atoms with van der Waals surface area (Å²) in [6.07, 6.45) is 0.765. The first-order valence-electron chi connectivity index (χ1n) is 5.94. The van der Waals surface area contributed by atoms with Gasteiger partial charge in [-0.1, -0.05) is 36.2 Å². The monoisotopic (exact) mass is 330 g/mol. The lowest BCUT2D eigenvalue weighted by molar-refractivity contribution is 0.0697. The van der Waals surface area contributed by atoms with E-state index in [4.69, 9.17) is 33.0 Å². The number of aryl methyl sites for hydroxylation is 1. The standard InChI is InChI=1S/C14H12Cl2O3S/c1-2-8-6-12(13(20-8)14(17)18)19-7-9-10(15)4-3-5-11(9)16/h3-6H,2,7H2,1H3,(H,17,18).